The van der Waals surface area contributed by atoms with Gasteiger partial charge >= 0.3 is 17.5 Å². The molecular weight excluding hydrogens is 268 g/mol. The normalized spacial score (nSPS) is 10.0. The number of anilines is 1. The molecule has 9 heteroatoms. The smallest absolute Gasteiger partial charge is 0.325 e. The Bertz CT molecular complexity index is 728. The summed E-state index contributed by atoms with van der Waals surface area (Å²) in [5.41, 5.74) is -1.75. The lowest BCUT2D eigenvalue weighted by atomic mass is 10.4. The minimum Gasteiger partial charge on any atom is -0.467 e. The number of hydrogen-bond acceptors (Lipinski definition) is 5. The van der Waals surface area contributed by atoms with E-state index < -0.39 is 23.1 Å². The molecule has 104 valence electrons. The minimum atomic E-state index is -1.03. The molecule has 0 spiro atoms. The quantitative estimate of drug-likeness (QED) is 0.529. The van der Waals surface area contributed by atoms with E-state index in [0.717, 1.165) is 6.20 Å². The maximum absolute atomic E-state index is 11.5. The van der Waals surface area contributed by atoms with E-state index in [0.29, 0.717) is 5.76 Å². The van der Waals surface area contributed by atoms with Crippen LogP contribution in [0.25, 0.3) is 0 Å². The van der Waals surface area contributed by atoms with Crippen LogP contribution in [0.15, 0.2) is 38.6 Å². The van der Waals surface area contributed by atoms with Crippen molar-refractivity contribution in [1.29, 1.82) is 0 Å². The van der Waals surface area contributed by atoms with Crippen LogP contribution in [0.5, 0.6) is 0 Å². The number of aromatic amines is 2. The van der Waals surface area contributed by atoms with Gasteiger partial charge in [-0.3, -0.25) is 19.4 Å². The number of aromatic nitrogens is 2. The predicted octanol–water partition coefficient (Wildman–Crippen LogP) is -1.09. The lowest BCUT2D eigenvalue weighted by molar-refractivity contribution is -0.136. The predicted molar refractivity (Wildman–Crippen MR) is 66.9 cm³/mol. The first-order valence-corrected chi connectivity index (χ1v) is 5.50. The van der Waals surface area contributed by atoms with Crippen LogP contribution in [-0.4, -0.2) is 21.8 Å². The van der Waals surface area contributed by atoms with E-state index in [-0.39, 0.29) is 12.2 Å². The van der Waals surface area contributed by atoms with Gasteiger partial charge in [0.2, 0.25) is 0 Å². The number of carbonyl (C=O) groups excluding carboxylic acids is 2. The first-order valence-electron chi connectivity index (χ1n) is 5.50. The Kier molecular flexibility index (Phi) is 3.80. The van der Waals surface area contributed by atoms with Gasteiger partial charge in [-0.1, -0.05) is 0 Å². The van der Waals surface area contributed by atoms with E-state index in [1.807, 2.05) is 4.98 Å². The van der Waals surface area contributed by atoms with Crippen LogP contribution in [0.3, 0.4) is 0 Å². The van der Waals surface area contributed by atoms with E-state index in [9.17, 15) is 19.2 Å². The maximum Gasteiger partial charge on any atom is 0.325 e. The lowest BCUT2D eigenvalue weighted by Crippen LogP contribution is -2.37. The maximum atomic E-state index is 11.5. The summed E-state index contributed by atoms with van der Waals surface area (Å²) in [4.78, 5) is 49.1. The van der Waals surface area contributed by atoms with Crippen molar-refractivity contribution in [3.05, 3.63) is 51.2 Å². The summed E-state index contributed by atoms with van der Waals surface area (Å²) in [6, 6.07) is 3.27. The highest BCUT2D eigenvalue weighted by atomic mass is 16.3. The average molecular weight is 278 g/mol. The molecule has 0 bridgehead atoms. The summed E-state index contributed by atoms with van der Waals surface area (Å²) in [6.45, 7) is 0.0429. The van der Waals surface area contributed by atoms with Gasteiger partial charge in [-0.15, -0.1) is 0 Å². The van der Waals surface area contributed by atoms with E-state index in [4.69, 9.17) is 4.42 Å². The standard InChI is InChI=1S/C11H10N4O5/c16-8-7(5-13-11(19)15-8)14-10(18)9(17)12-4-6-2-1-3-20-6/h1-3,5H,4H2,(H,12,17)(H,14,18)(H2,13,15,16,19). The molecule has 0 fully saturated rings. The Balaban J connectivity index is 1.95. The highest BCUT2D eigenvalue weighted by molar-refractivity contribution is 6.39. The number of H-pyrrole nitrogens is 2. The fraction of sp³-hybridized carbons (Fsp3) is 0.0909. The number of rotatable bonds is 3. The van der Waals surface area contributed by atoms with Crippen LogP contribution < -0.4 is 21.9 Å². The topological polar surface area (TPSA) is 137 Å². The molecule has 0 radical (unpaired) electrons. The van der Waals surface area contributed by atoms with Crippen LogP contribution in [0.2, 0.25) is 0 Å². The molecule has 2 aromatic rings. The molecule has 0 unspecified atom stereocenters. The summed E-state index contributed by atoms with van der Waals surface area (Å²) in [7, 11) is 0. The van der Waals surface area contributed by atoms with Crippen LogP contribution >= 0.6 is 0 Å². The number of nitrogens with one attached hydrogen (secondary N) is 4. The fourth-order valence-electron chi connectivity index (χ4n) is 1.34. The summed E-state index contributed by atoms with van der Waals surface area (Å²) in [6.07, 6.45) is 2.43. The van der Waals surface area contributed by atoms with Crippen molar-refractivity contribution in [3.63, 3.8) is 0 Å². The fourth-order valence-corrected chi connectivity index (χ4v) is 1.34. The number of furan rings is 1. The molecule has 2 aromatic heterocycles. The molecule has 0 aliphatic heterocycles. The zero-order chi connectivity index (χ0) is 14.5. The molecule has 4 N–H and O–H groups in total. The van der Waals surface area contributed by atoms with Gasteiger partial charge in [-0.25, -0.2) is 4.79 Å². The molecule has 20 heavy (non-hydrogen) atoms. The lowest BCUT2D eigenvalue weighted by Gasteiger charge is -2.04. The minimum absolute atomic E-state index is 0.0429. The second kappa shape index (κ2) is 5.69. The third-order valence-corrected chi connectivity index (χ3v) is 2.28. The monoisotopic (exact) mass is 278 g/mol. The van der Waals surface area contributed by atoms with Gasteiger partial charge in [-0.05, 0) is 12.1 Å². The zero-order valence-electron chi connectivity index (χ0n) is 10.1. The van der Waals surface area contributed by atoms with Crippen molar-refractivity contribution < 1.29 is 14.0 Å². The van der Waals surface area contributed by atoms with Crippen LogP contribution in [-0.2, 0) is 16.1 Å². The molecule has 9 nitrogen and oxygen atoms in total. The summed E-state index contributed by atoms with van der Waals surface area (Å²) >= 11 is 0. The Morgan fingerprint density at radius 2 is 2.05 bits per heavy atom. The van der Waals surface area contributed by atoms with Crippen molar-refractivity contribution in [3.8, 4) is 0 Å². The number of hydrogen-bond donors (Lipinski definition) is 4. The van der Waals surface area contributed by atoms with Crippen molar-refractivity contribution >= 4 is 17.5 Å². The second-order valence-electron chi connectivity index (χ2n) is 3.70. The summed E-state index contributed by atoms with van der Waals surface area (Å²) in [5.74, 6) is -1.49. The largest absolute Gasteiger partial charge is 0.467 e. The van der Waals surface area contributed by atoms with Gasteiger partial charge in [-0.2, -0.15) is 0 Å². The van der Waals surface area contributed by atoms with Gasteiger partial charge in [0.05, 0.1) is 12.8 Å². The SMILES string of the molecule is O=C(NCc1ccco1)C(=O)Nc1c[nH]c(=O)[nH]c1=O. The highest BCUT2D eigenvalue weighted by Gasteiger charge is 2.15. The first kappa shape index (κ1) is 13.3. The molecule has 2 rings (SSSR count). The Hall–Kier alpha value is -3.10. The molecule has 0 aromatic carbocycles. The molecule has 0 atom stereocenters. The molecule has 2 heterocycles. The van der Waals surface area contributed by atoms with Crippen LogP contribution in [0, 0.1) is 0 Å². The third-order valence-electron chi connectivity index (χ3n) is 2.28. The van der Waals surface area contributed by atoms with Gasteiger partial charge in [0.1, 0.15) is 11.4 Å². The second-order valence-corrected chi connectivity index (χ2v) is 3.70. The number of amides is 2. The molecule has 2 amide bonds. The summed E-state index contributed by atoms with van der Waals surface area (Å²) < 4.78 is 4.97. The third kappa shape index (κ3) is 3.22. The van der Waals surface area contributed by atoms with Gasteiger partial charge in [0.25, 0.3) is 5.56 Å². The van der Waals surface area contributed by atoms with Gasteiger partial charge in [0, 0.05) is 6.20 Å². The van der Waals surface area contributed by atoms with Crippen molar-refractivity contribution in [2.75, 3.05) is 5.32 Å². The van der Waals surface area contributed by atoms with E-state index in [1.165, 1.54) is 6.26 Å². The molecule has 0 saturated carbocycles. The molecule has 0 saturated heterocycles. The van der Waals surface area contributed by atoms with Crippen molar-refractivity contribution in [2.24, 2.45) is 0 Å². The van der Waals surface area contributed by atoms with E-state index in [1.54, 1.807) is 12.1 Å². The Morgan fingerprint density at radius 3 is 2.70 bits per heavy atom. The molecule has 0 aliphatic rings. The van der Waals surface area contributed by atoms with Gasteiger partial charge < -0.3 is 20.0 Å². The first-order chi connectivity index (χ1) is 9.56. The van der Waals surface area contributed by atoms with E-state index >= 15 is 0 Å². The van der Waals surface area contributed by atoms with Crippen molar-refractivity contribution in [2.45, 2.75) is 6.54 Å². The Morgan fingerprint density at radius 1 is 1.25 bits per heavy atom. The zero-order valence-corrected chi connectivity index (χ0v) is 10.1. The average Bonchev–Trinajstić information content (AvgIpc) is 2.92. The Labute approximate surface area is 111 Å². The molecule has 0 aliphatic carbocycles. The highest BCUT2D eigenvalue weighted by Crippen LogP contribution is 1.98. The number of carbonyl (C=O) groups is 2. The van der Waals surface area contributed by atoms with Crippen molar-refractivity contribution in [1.82, 2.24) is 15.3 Å². The summed E-state index contributed by atoms with van der Waals surface area (Å²) in [5, 5.41) is 4.38. The molecular formula is C11H10N4O5. The van der Waals surface area contributed by atoms with Crippen LogP contribution in [0.1, 0.15) is 5.76 Å². The van der Waals surface area contributed by atoms with Crippen LogP contribution in [0.4, 0.5) is 5.69 Å². The van der Waals surface area contributed by atoms with E-state index in [2.05, 4.69) is 15.6 Å². The van der Waals surface area contributed by atoms with Gasteiger partial charge in [0.15, 0.2) is 0 Å².